The molecule has 0 atom stereocenters. The molecule has 2 aromatic rings. The molecule has 0 radical (unpaired) electrons. The van der Waals surface area contributed by atoms with Crippen LogP contribution in [0.5, 0.6) is 0 Å². The SMILES string of the molecule is Cl.Cn1ccnc1CN1CCCc2c(N)cccc21. The molecule has 1 aliphatic heterocycles. The van der Waals surface area contributed by atoms with E-state index in [0.29, 0.717) is 0 Å². The number of aromatic nitrogens is 2. The van der Waals surface area contributed by atoms with Crippen LogP contribution in [0.25, 0.3) is 0 Å². The minimum Gasteiger partial charge on any atom is -0.398 e. The molecule has 0 amide bonds. The number of nitrogens with two attached hydrogens (primary N) is 1. The van der Waals surface area contributed by atoms with Gasteiger partial charge >= 0.3 is 0 Å². The summed E-state index contributed by atoms with van der Waals surface area (Å²) < 4.78 is 2.07. The minimum atomic E-state index is 0. The Morgan fingerprint density at radius 3 is 2.95 bits per heavy atom. The van der Waals surface area contributed by atoms with Gasteiger partial charge in [-0.15, -0.1) is 12.4 Å². The number of anilines is 2. The Labute approximate surface area is 119 Å². The maximum Gasteiger partial charge on any atom is 0.127 e. The maximum atomic E-state index is 6.06. The first-order valence-corrected chi connectivity index (χ1v) is 6.34. The van der Waals surface area contributed by atoms with Crippen molar-refractivity contribution in [2.75, 3.05) is 17.2 Å². The fourth-order valence-electron chi connectivity index (χ4n) is 2.61. The highest BCUT2D eigenvalue weighted by atomic mass is 35.5. The average molecular weight is 279 g/mol. The van der Waals surface area contributed by atoms with Gasteiger partial charge in [-0.2, -0.15) is 0 Å². The van der Waals surface area contributed by atoms with E-state index >= 15 is 0 Å². The first-order chi connectivity index (χ1) is 8.75. The third-order valence-corrected chi connectivity index (χ3v) is 3.64. The van der Waals surface area contributed by atoms with Gasteiger partial charge in [-0.25, -0.2) is 4.98 Å². The maximum absolute atomic E-state index is 6.06. The predicted octanol–water partition coefficient (Wildman–Crippen LogP) is 2.38. The number of imidazole rings is 1. The van der Waals surface area contributed by atoms with E-state index in [0.717, 1.165) is 37.4 Å². The third kappa shape index (κ3) is 2.54. The van der Waals surface area contributed by atoms with E-state index in [-0.39, 0.29) is 12.4 Å². The van der Waals surface area contributed by atoms with Gasteiger partial charge in [-0.3, -0.25) is 0 Å². The summed E-state index contributed by atoms with van der Waals surface area (Å²) in [6.45, 7) is 1.92. The van der Waals surface area contributed by atoms with Crippen LogP contribution < -0.4 is 10.6 Å². The monoisotopic (exact) mass is 278 g/mol. The largest absolute Gasteiger partial charge is 0.398 e. The quantitative estimate of drug-likeness (QED) is 0.858. The van der Waals surface area contributed by atoms with Crippen molar-refractivity contribution in [3.05, 3.63) is 42.0 Å². The van der Waals surface area contributed by atoms with Crippen molar-refractivity contribution in [1.29, 1.82) is 0 Å². The molecule has 0 aliphatic carbocycles. The highest BCUT2D eigenvalue weighted by molar-refractivity contribution is 5.85. The zero-order valence-electron chi connectivity index (χ0n) is 11.0. The van der Waals surface area contributed by atoms with Crippen LogP contribution in [0.1, 0.15) is 17.8 Å². The number of nitrogen functional groups attached to an aromatic ring is 1. The number of benzene rings is 1. The molecule has 0 spiro atoms. The van der Waals surface area contributed by atoms with Crippen molar-refractivity contribution < 1.29 is 0 Å². The molecule has 1 aliphatic rings. The Morgan fingerprint density at radius 1 is 1.37 bits per heavy atom. The van der Waals surface area contributed by atoms with Crippen LogP contribution in [-0.2, 0) is 20.0 Å². The van der Waals surface area contributed by atoms with Gasteiger partial charge in [0.15, 0.2) is 0 Å². The highest BCUT2D eigenvalue weighted by Crippen LogP contribution is 2.31. The van der Waals surface area contributed by atoms with Crippen LogP contribution in [0.4, 0.5) is 11.4 Å². The topological polar surface area (TPSA) is 47.1 Å². The van der Waals surface area contributed by atoms with Crippen LogP contribution in [0.15, 0.2) is 30.6 Å². The van der Waals surface area contributed by atoms with Crippen molar-refractivity contribution in [3.8, 4) is 0 Å². The molecule has 102 valence electrons. The molecular weight excluding hydrogens is 260 g/mol. The predicted molar refractivity (Wildman–Crippen MR) is 80.7 cm³/mol. The molecule has 2 N–H and O–H groups in total. The van der Waals surface area contributed by atoms with Crippen LogP contribution in [0.2, 0.25) is 0 Å². The number of rotatable bonds is 2. The second-order valence-electron chi connectivity index (χ2n) is 4.82. The molecule has 3 rings (SSSR count). The number of nitrogens with zero attached hydrogens (tertiary/aromatic N) is 3. The molecule has 19 heavy (non-hydrogen) atoms. The number of hydrogen-bond acceptors (Lipinski definition) is 3. The fraction of sp³-hybridized carbons (Fsp3) is 0.357. The van der Waals surface area contributed by atoms with Crippen molar-refractivity contribution in [2.45, 2.75) is 19.4 Å². The van der Waals surface area contributed by atoms with Gasteiger partial charge in [0.2, 0.25) is 0 Å². The fourth-order valence-corrected chi connectivity index (χ4v) is 2.61. The lowest BCUT2D eigenvalue weighted by molar-refractivity contribution is 0.658. The second-order valence-corrected chi connectivity index (χ2v) is 4.82. The lowest BCUT2D eigenvalue weighted by atomic mass is 10.00. The molecule has 0 unspecified atom stereocenters. The normalized spacial score (nSPS) is 13.8. The Hall–Kier alpha value is -1.68. The summed E-state index contributed by atoms with van der Waals surface area (Å²) in [5.74, 6) is 1.09. The summed E-state index contributed by atoms with van der Waals surface area (Å²) in [6.07, 6.45) is 6.07. The Kier molecular flexibility index (Phi) is 4.00. The summed E-state index contributed by atoms with van der Waals surface area (Å²) in [4.78, 5) is 6.77. The number of aryl methyl sites for hydroxylation is 1. The van der Waals surface area contributed by atoms with E-state index < -0.39 is 0 Å². The van der Waals surface area contributed by atoms with Crippen molar-refractivity contribution in [1.82, 2.24) is 9.55 Å². The summed E-state index contributed by atoms with van der Waals surface area (Å²) >= 11 is 0. The Balaban J connectivity index is 0.00000133. The molecule has 1 aromatic heterocycles. The molecule has 4 nitrogen and oxygen atoms in total. The summed E-state index contributed by atoms with van der Waals surface area (Å²) in [5.41, 5.74) is 9.53. The van der Waals surface area contributed by atoms with Gasteiger partial charge < -0.3 is 15.2 Å². The van der Waals surface area contributed by atoms with E-state index in [1.165, 1.54) is 11.3 Å². The van der Waals surface area contributed by atoms with Gasteiger partial charge in [0.1, 0.15) is 5.82 Å². The van der Waals surface area contributed by atoms with Crippen LogP contribution >= 0.6 is 12.4 Å². The third-order valence-electron chi connectivity index (χ3n) is 3.64. The number of fused-ring (bicyclic) bond motifs is 1. The molecule has 0 fully saturated rings. The standard InChI is InChI=1S/C14H18N4.ClH/c1-17-9-7-16-14(17)10-18-8-3-4-11-12(15)5-2-6-13(11)18;/h2,5-7,9H,3-4,8,10,15H2,1H3;1H. The van der Waals surface area contributed by atoms with E-state index in [1.54, 1.807) is 0 Å². The average Bonchev–Trinajstić information content (AvgIpc) is 2.77. The zero-order chi connectivity index (χ0) is 12.5. The zero-order valence-corrected chi connectivity index (χ0v) is 11.9. The van der Waals surface area contributed by atoms with Gasteiger partial charge in [-0.1, -0.05) is 6.07 Å². The van der Waals surface area contributed by atoms with Gasteiger partial charge in [-0.05, 0) is 30.5 Å². The molecular formula is C14H19ClN4. The summed E-state index contributed by atoms with van der Waals surface area (Å²) in [5, 5.41) is 0. The lowest BCUT2D eigenvalue weighted by Crippen LogP contribution is -2.30. The van der Waals surface area contributed by atoms with E-state index in [1.807, 2.05) is 31.6 Å². The van der Waals surface area contributed by atoms with E-state index in [9.17, 15) is 0 Å². The van der Waals surface area contributed by atoms with Gasteiger partial charge in [0, 0.05) is 37.4 Å². The molecule has 0 saturated heterocycles. The van der Waals surface area contributed by atoms with Gasteiger partial charge in [0.25, 0.3) is 0 Å². The first-order valence-electron chi connectivity index (χ1n) is 6.34. The first kappa shape index (κ1) is 13.7. The summed E-state index contributed by atoms with van der Waals surface area (Å²) in [6, 6.07) is 6.18. The van der Waals surface area contributed by atoms with Crippen LogP contribution in [-0.4, -0.2) is 16.1 Å². The highest BCUT2D eigenvalue weighted by Gasteiger charge is 2.19. The lowest BCUT2D eigenvalue weighted by Gasteiger charge is -2.31. The van der Waals surface area contributed by atoms with Crippen molar-refractivity contribution >= 4 is 23.8 Å². The molecule has 1 aromatic carbocycles. The Morgan fingerprint density at radius 2 is 2.21 bits per heavy atom. The number of hydrogen-bond donors (Lipinski definition) is 1. The van der Waals surface area contributed by atoms with E-state index in [2.05, 4.69) is 20.5 Å². The Bertz CT molecular complexity index is 564. The molecule has 2 heterocycles. The minimum absolute atomic E-state index is 0. The molecule has 0 bridgehead atoms. The molecule has 0 saturated carbocycles. The molecule has 5 heteroatoms. The smallest absolute Gasteiger partial charge is 0.127 e. The van der Waals surface area contributed by atoms with E-state index in [4.69, 9.17) is 5.73 Å². The van der Waals surface area contributed by atoms with Crippen molar-refractivity contribution in [2.24, 2.45) is 7.05 Å². The second kappa shape index (κ2) is 5.53. The van der Waals surface area contributed by atoms with Crippen LogP contribution in [0.3, 0.4) is 0 Å². The van der Waals surface area contributed by atoms with Crippen molar-refractivity contribution in [3.63, 3.8) is 0 Å². The summed E-state index contributed by atoms with van der Waals surface area (Å²) in [7, 11) is 2.03. The van der Waals surface area contributed by atoms with Gasteiger partial charge in [0.05, 0.1) is 6.54 Å². The van der Waals surface area contributed by atoms with Crippen LogP contribution in [0, 0.1) is 0 Å². The number of halogens is 1.